The van der Waals surface area contributed by atoms with Gasteiger partial charge in [-0.2, -0.15) is 0 Å². The molecule has 0 aliphatic carbocycles. The molecule has 0 bridgehead atoms. The number of nitrogens with zero attached hydrogens (tertiary/aromatic N) is 2. The van der Waals surface area contributed by atoms with Gasteiger partial charge in [-0.1, -0.05) is 30.7 Å². The molecule has 2 amide bonds. The van der Waals surface area contributed by atoms with Crippen molar-refractivity contribution in [1.29, 1.82) is 0 Å². The van der Waals surface area contributed by atoms with Crippen molar-refractivity contribution in [2.24, 2.45) is 0 Å². The number of likely N-dealkylation sites (N-methyl/N-ethyl adjacent to an activating group) is 1. The molecular formula is C22H32N4O3. The fourth-order valence-electron chi connectivity index (χ4n) is 3.98. The van der Waals surface area contributed by atoms with E-state index in [1.807, 2.05) is 32.0 Å². The molecule has 2 aliphatic rings. The van der Waals surface area contributed by atoms with E-state index >= 15 is 0 Å². The van der Waals surface area contributed by atoms with E-state index in [9.17, 15) is 9.59 Å². The molecule has 1 atom stereocenters. The summed E-state index contributed by atoms with van der Waals surface area (Å²) in [7, 11) is 0. The zero-order valence-corrected chi connectivity index (χ0v) is 17.9. The van der Waals surface area contributed by atoms with Crippen LogP contribution < -0.4 is 10.6 Å². The molecule has 0 radical (unpaired) electrons. The van der Waals surface area contributed by atoms with Crippen LogP contribution >= 0.6 is 0 Å². The molecule has 1 saturated heterocycles. The number of rotatable bonds is 6. The lowest BCUT2D eigenvalue weighted by atomic mass is 9.91. The third-order valence-electron chi connectivity index (χ3n) is 5.69. The summed E-state index contributed by atoms with van der Waals surface area (Å²) in [6, 6.07) is 5.28. The lowest BCUT2D eigenvalue weighted by Crippen LogP contribution is -2.51. The van der Waals surface area contributed by atoms with Crippen LogP contribution in [0.4, 0.5) is 4.79 Å². The van der Waals surface area contributed by atoms with Crippen LogP contribution in [0.25, 0.3) is 0 Å². The molecule has 0 spiro atoms. The topological polar surface area (TPSA) is 73.9 Å². The van der Waals surface area contributed by atoms with Crippen molar-refractivity contribution >= 4 is 12.0 Å². The van der Waals surface area contributed by atoms with E-state index in [4.69, 9.17) is 4.74 Å². The normalized spacial score (nSPS) is 21.0. The maximum Gasteiger partial charge on any atom is 0.338 e. The predicted molar refractivity (Wildman–Crippen MR) is 113 cm³/mol. The zero-order chi connectivity index (χ0) is 21.0. The number of piperazine rings is 1. The Morgan fingerprint density at radius 1 is 1.14 bits per heavy atom. The summed E-state index contributed by atoms with van der Waals surface area (Å²) in [4.78, 5) is 30.1. The van der Waals surface area contributed by atoms with Crippen molar-refractivity contribution in [1.82, 2.24) is 20.4 Å². The predicted octanol–water partition coefficient (Wildman–Crippen LogP) is 2.11. The highest BCUT2D eigenvalue weighted by Crippen LogP contribution is 2.31. The van der Waals surface area contributed by atoms with E-state index < -0.39 is 6.04 Å². The van der Waals surface area contributed by atoms with Crippen LogP contribution in [0.1, 0.15) is 36.6 Å². The molecule has 0 unspecified atom stereocenters. The van der Waals surface area contributed by atoms with E-state index in [2.05, 4.69) is 27.4 Å². The minimum Gasteiger partial charge on any atom is -0.463 e. The standard InChI is InChI=1S/C22H32N4O3/c1-5-25-9-11-26(12-10-25)14-18-19(21(27)29-6-2)20(24-22(28)23-18)17-13-15(3)7-8-16(17)4/h7-8,13,20H,5-6,9-12,14H2,1-4H3,(H2,23,24,28)/t20-/m1/s1. The summed E-state index contributed by atoms with van der Waals surface area (Å²) in [5.41, 5.74) is 4.18. The quantitative estimate of drug-likeness (QED) is 0.716. The van der Waals surface area contributed by atoms with E-state index in [0.717, 1.165) is 49.4 Å². The fourth-order valence-corrected chi connectivity index (χ4v) is 3.98. The summed E-state index contributed by atoms with van der Waals surface area (Å²) < 4.78 is 5.38. The second kappa shape index (κ2) is 9.41. The molecule has 0 saturated carbocycles. The Morgan fingerprint density at radius 3 is 2.48 bits per heavy atom. The number of benzene rings is 1. The Bertz CT molecular complexity index is 797. The average molecular weight is 401 g/mol. The second-order valence-electron chi connectivity index (χ2n) is 7.71. The monoisotopic (exact) mass is 400 g/mol. The Hall–Kier alpha value is -2.38. The maximum absolute atomic E-state index is 12.9. The van der Waals surface area contributed by atoms with Crippen molar-refractivity contribution in [3.05, 3.63) is 46.2 Å². The first-order valence-electron chi connectivity index (χ1n) is 10.4. The van der Waals surface area contributed by atoms with Gasteiger partial charge in [-0.3, -0.25) is 4.90 Å². The number of amides is 2. The Labute approximate surface area is 173 Å². The summed E-state index contributed by atoms with van der Waals surface area (Å²) in [5, 5.41) is 5.82. The van der Waals surface area contributed by atoms with Gasteiger partial charge in [0.2, 0.25) is 0 Å². The summed E-state index contributed by atoms with van der Waals surface area (Å²) in [5.74, 6) is -0.381. The molecule has 158 valence electrons. The van der Waals surface area contributed by atoms with E-state index in [-0.39, 0.29) is 18.6 Å². The minimum absolute atomic E-state index is 0.286. The Morgan fingerprint density at radius 2 is 1.83 bits per heavy atom. The largest absolute Gasteiger partial charge is 0.463 e. The summed E-state index contributed by atoms with van der Waals surface area (Å²) in [6.07, 6.45) is 0. The molecule has 2 N–H and O–H groups in total. The number of hydrogen-bond acceptors (Lipinski definition) is 5. The SMILES string of the molecule is CCOC(=O)C1=C(CN2CCN(CC)CC2)NC(=O)N[C@@H]1c1cc(C)ccc1C. The first-order chi connectivity index (χ1) is 13.9. The highest BCUT2D eigenvalue weighted by Gasteiger charge is 2.35. The fraction of sp³-hybridized carbons (Fsp3) is 0.545. The maximum atomic E-state index is 12.9. The van der Waals surface area contributed by atoms with Crippen LogP contribution in [0.15, 0.2) is 29.5 Å². The van der Waals surface area contributed by atoms with E-state index in [1.165, 1.54) is 0 Å². The van der Waals surface area contributed by atoms with Gasteiger partial charge < -0.3 is 20.3 Å². The second-order valence-corrected chi connectivity index (χ2v) is 7.71. The van der Waals surface area contributed by atoms with Crippen molar-refractivity contribution in [3.8, 4) is 0 Å². The molecule has 1 aromatic rings. The number of carbonyl (C=O) groups excluding carboxylic acids is 2. The van der Waals surface area contributed by atoms with Crippen LogP contribution in [0.3, 0.4) is 0 Å². The third kappa shape index (κ3) is 4.97. The minimum atomic E-state index is -0.519. The van der Waals surface area contributed by atoms with Gasteiger partial charge in [0.15, 0.2) is 0 Å². The highest BCUT2D eigenvalue weighted by atomic mass is 16.5. The number of aryl methyl sites for hydroxylation is 2. The molecule has 1 aromatic carbocycles. The highest BCUT2D eigenvalue weighted by molar-refractivity contribution is 5.95. The number of hydrogen-bond donors (Lipinski definition) is 2. The molecule has 29 heavy (non-hydrogen) atoms. The Kier molecular flexibility index (Phi) is 6.92. The lowest BCUT2D eigenvalue weighted by molar-refractivity contribution is -0.139. The van der Waals surface area contributed by atoms with Crippen LogP contribution in [0.5, 0.6) is 0 Å². The van der Waals surface area contributed by atoms with Gasteiger partial charge in [0.05, 0.1) is 18.2 Å². The molecule has 2 aliphatic heterocycles. The first kappa shape index (κ1) is 21.3. The van der Waals surface area contributed by atoms with Crippen molar-refractivity contribution in [3.63, 3.8) is 0 Å². The van der Waals surface area contributed by atoms with Crippen molar-refractivity contribution in [2.75, 3.05) is 45.9 Å². The van der Waals surface area contributed by atoms with Crippen LogP contribution in [-0.2, 0) is 9.53 Å². The van der Waals surface area contributed by atoms with Crippen molar-refractivity contribution in [2.45, 2.75) is 33.7 Å². The molecular weight excluding hydrogens is 368 g/mol. The number of ether oxygens (including phenoxy) is 1. The van der Waals surface area contributed by atoms with Gasteiger partial charge in [0.25, 0.3) is 0 Å². The molecule has 2 heterocycles. The van der Waals surface area contributed by atoms with Gasteiger partial charge in [0.1, 0.15) is 0 Å². The Balaban J connectivity index is 1.96. The molecule has 3 rings (SSSR count). The summed E-state index contributed by atoms with van der Waals surface area (Å²) >= 11 is 0. The summed E-state index contributed by atoms with van der Waals surface area (Å²) in [6.45, 7) is 13.6. The smallest absolute Gasteiger partial charge is 0.338 e. The van der Waals surface area contributed by atoms with Gasteiger partial charge in [-0.15, -0.1) is 0 Å². The first-order valence-corrected chi connectivity index (χ1v) is 10.4. The lowest BCUT2D eigenvalue weighted by Gasteiger charge is -2.36. The van der Waals surface area contributed by atoms with Gasteiger partial charge >= 0.3 is 12.0 Å². The zero-order valence-electron chi connectivity index (χ0n) is 17.9. The van der Waals surface area contributed by atoms with Gasteiger partial charge in [0, 0.05) is 38.4 Å². The van der Waals surface area contributed by atoms with Crippen LogP contribution in [-0.4, -0.2) is 67.7 Å². The molecule has 1 fully saturated rings. The molecule has 7 nitrogen and oxygen atoms in total. The van der Waals surface area contributed by atoms with Gasteiger partial charge in [-0.25, -0.2) is 9.59 Å². The number of carbonyl (C=O) groups is 2. The molecule has 7 heteroatoms. The van der Waals surface area contributed by atoms with E-state index in [0.29, 0.717) is 17.8 Å². The number of nitrogens with one attached hydrogen (secondary N) is 2. The number of esters is 1. The van der Waals surface area contributed by atoms with Crippen LogP contribution in [0, 0.1) is 13.8 Å². The number of urea groups is 1. The van der Waals surface area contributed by atoms with E-state index in [1.54, 1.807) is 6.92 Å². The van der Waals surface area contributed by atoms with Crippen LogP contribution in [0.2, 0.25) is 0 Å². The van der Waals surface area contributed by atoms with Gasteiger partial charge in [-0.05, 0) is 38.4 Å². The van der Waals surface area contributed by atoms with Crippen molar-refractivity contribution < 1.29 is 14.3 Å². The molecule has 0 aromatic heterocycles. The third-order valence-corrected chi connectivity index (χ3v) is 5.69. The average Bonchev–Trinajstić information content (AvgIpc) is 2.70.